The summed E-state index contributed by atoms with van der Waals surface area (Å²) in [6, 6.07) is 14.4. The number of carbonyl (C=O) groups is 1. The summed E-state index contributed by atoms with van der Waals surface area (Å²) in [5.41, 5.74) is 7.21. The molecule has 1 aromatic carbocycles. The molecule has 2 aromatic heterocycles. The number of nitrogens with one attached hydrogen (secondary N) is 1. The number of nitrogens with zero attached hydrogens (tertiary/aromatic N) is 5. The number of benzene rings is 1. The van der Waals surface area contributed by atoms with Gasteiger partial charge in [-0.1, -0.05) is 32.9 Å². The molecular weight excluding hydrogens is 512 g/mol. The van der Waals surface area contributed by atoms with Crippen molar-refractivity contribution in [2.45, 2.75) is 58.9 Å². The molecule has 4 fully saturated rings. The molecule has 5 aliphatic rings. The van der Waals surface area contributed by atoms with E-state index >= 15 is 0 Å². The average Bonchev–Trinajstić information content (AvgIpc) is 3.59. The number of aromatic nitrogens is 2. The molecule has 4 heterocycles. The van der Waals surface area contributed by atoms with Crippen LogP contribution in [0.4, 0.5) is 5.69 Å². The first-order valence-electron chi connectivity index (χ1n) is 14.7. The van der Waals surface area contributed by atoms with Crippen LogP contribution in [0.15, 0.2) is 52.8 Å². The number of carbonyl (C=O) groups excluding carboxylic acids is 1. The van der Waals surface area contributed by atoms with E-state index in [4.69, 9.17) is 14.9 Å². The van der Waals surface area contributed by atoms with Crippen molar-refractivity contribution < 1.29 is 9.53 Å². The zero-order chi connectivity index (χ0) is 28.5. The lowest BCUT2D eigenvalue weighted by Crippen LogP contribution is -2.53. The Morgan fingerprint density at radius 1 is 1.10 bits per heavy atom. The van der Waals surface area contributed by atoms with Gasteiger partial charge in [-0.2, -0.15) is 20.6 Å². The van der Waals surface area contributed by atoms with Gasteiger partial charge in [0.1, 0.15) is 11.9 Å². The molecule has 2 bridgehead atoms. The molecule has 3 aromatic rings. The van der Waals surface area contributed by atoms with Crippen LogP contribution in [0.5, 0.6) is 0 Å². The van der Waals surface area contributed by atoms with Crippen LogP contribution in [-0.4, -0.2) is 45.6 Å². The lowest BCUT2D eigenvalue weighted by Gasteiger charge is -2.53. The number of hydrogen-bond acceptors (Lipinski definition) is 7. The molecule has 8 heteroatoms. The molecule has 8 nitrogen and oxygen atoms in total. The smallest absolute Gasteiger partial charge is 0.141 e. The maximum atomic E-state index is 13.0. The highest BCUT2D eigenvalue weighted by Crippen LogP contribution is 2.55. The summed E-state index contributed by atoms with van der Waals surface area (Å²) >= 11 is 0. The summed E-state index contributed by atoms with van der Waals surface area (Å²) in [4.78, 5) is 13.0. The van der Waals surface area contributed by atoms with Crippen LogP contribution >= 0.6 is 0 Å². The quantitative estimate of drug-likeness (QED) is 0.413. The summed E-state index contributed by atoms with van der Waals surface area (Å²) in [6.45, 7) is 9.62. The van der Waals surface area contributed by atoms with Crippen molar-refractivity contribution in [2.24, 2.45) is 39.3 Å². The van der Waals surface area contributed by atoms with Gasteiger partial charge < -0.3 is 10.1 Å². The summed E-state index contributed by atoms with van der Waals surface area (Å²) in [6.07, 6.45) is 5.62. The molecule has 41 heavy (non-hydrogen) atoms. The summed E-state index contributed by atoms with van der Waals surface area (Å²) in [5.74, 6) is 2.05. The molecule has 0 amide bonds. The maximum absolute atomic E-state index is 13.0. The Bertz CT molecular complexity index is 1650. The first-order chi connectivity index (χ1) is 19.6. The minimum atomic E-state index is -0.268. The Balaban J connectivity index is 1.13. The Morgan fingerprint density at radius 2 is 1.88 bits per heavy atom. The second-order valence-corrected chi connectivity index (χ2v) is 13.7. The number of rotatable bonds is 6. The maximum Gasteiger partial charge on any atom is 0.141 e. The van der Waals surface area contributed by atoms with Gasteiger partial charge in [0.2, 0.25) is 0 Å². The van der Waals surface area contributed by atoms with Gasteiger partial charge in [0.05, 0.1) is 47.4 Å². The van der Waals surface area contributed by atoms with Crippen LogP contribution in [-0.2, 0) is 9.53 Å². The van der Waals surface area contributed by atoms with Crippen molar-refractivity contribution in [2.75, 3.05) is 18.5 Å². The predicted molar refractivity (Wildman–Crippen MR) is 159 cm³/mol. The third kappa shape index (κ3) is 4.47. The molecule has 0 spiro atoms. The normalized spacial score (nSPS) is 26.4. The van der Waals surface area contributed by atoms with Gasteiger partial charge in [-0.05, 0) is 62.3 Å². The second-order valence-electron chi connectivity index (χ2n) is 13.7. The lowest BCUT2D eigenvalue weighted by molar-refractivity contribution is -0.144. The van der Waals surface area contributed by atoms with Gasteiger partial charge in [0.25, 0.3) is 0 Å². The fourth-order valence-corrected chi connectivity index (χ4v) is 7.27. The highest BCUT2D eigenvalue weighted by Gasteiger charge is 2.53. The monoisotopic (exact) mass is 548 g/mol. The fourth-order valence-electron chi connectivity index (χ4n) is 7.27. The van der Waals surface area contributed by atoms with Crippen molar-refractivity contribution in [3.05, 3.63) is 53.7 Å². The largest absolute Gasteiger partial charge is 0.376 e. The van der Waals surface area contributed by atoms with Gasteiger partial charge in [-0.3, -0.25) is 4.79 Å². The first-order valence-corrected chi connectivity index (χ1v) is 14.7. The van der Waals surface area contributed by atoms with Gasteiger partial charge >= 0.3 is 0 Å². The van der Waals surface area contributed by atoms with Gasteiger partial charge in [-0.25, -0.2) is 4.52 Å². The van der Waals surface area contributed by atoms with E-state index in [1.54, 1.807) is 6.20 Å². The zero-order valence-electron chi connectivity index (χ0n) is 24.1. The van der Waals surface area contributed by atoms with Crippen LogP contribution in [0.1, 0.15) is 64.5 Å². The van der Waals surface area contributed by atoms with Crippen molar-refractivity contribution >= 4 is 28.4 Å². The minimum absolute atomic E-state index is 0.142. The predicted octanol–water partition coefficient (Wildman–Crippen LogP) is 5.90. The molecule has 3 saturated carbocycles. The number of ether oxygens (including phenoxy) is 1. The Kier molecular flexibility index (Phi) is 5.95. The van der Waals surface area contributed by atoms with Crippen LogP contribution in [0.2, 0.25) is 0 Å². The van der Waals surface area contributed by atoms with E-state index in [2.05, 4.69) is 62.4 Å². The van der Waals surface area contributed by atoms with Crippen LogP contribution in [0, 0.1) is 40.4 Å². The summed E-state index contributed by atoms with van der Waals surface area (Å²) < 4.78 is 7.40. The van der Waals surface area contributed by atoms with Crippen LogP contribution < -0.4 is 5.32 Å². The van der Waals surface area contributed by atoms with Crippen LogP contribution in [0.25, 0.3) is 16.8 Å². The highest BCUT2D eigenvalue weighted by atomic mass is 16.5. The molecule has 0 radical (unpaired) electrons. The second kappa shape index (κ2) is 9.35. The number of Topliss-reactive ketones (excluding diaryl/α,β-unsaturated/α-hetero) is 1. The molecule has 210 valence electrons. The Labute approximate surface area is 240 Å². The van der Waals surface area contributed by atoms with E-state index in [1.165, 1.54) is 12.1 Å². The van der Waals surface area contributed by atoms with Crippen molar-refractivity contribution in [1.29, 1.82) is 5.26 Å². The van der Waals surface area contributed by atoms with Crippen LogP contribution in [0.3, 0.4) is 0 Å². The average molecular weight is 549 g/mol. The lowest BCUT2D eigenvalue weighted by atomic mass is 9.50. The van der Waals surface area contributed by atoms with Gasteiger partial charge in [0.15, 0.2) is 0 Å². The van der Waals surface area contributed by atoms with E-state index in [1.807, 2.05) is 22.7 Å². The Hall–Kier alpha value is -3.83. The van der Waals surface area contributed by atoms with E-state index in [9.17, 15) is 10.1 Å². The number of hydrogen-bond donors (Lipinski definition) is 1. The summed E-state index contributed by atoms with van der Waals surface area (Å²) in [7, 11) is 0. The SMILES string of the molecule is CC1(Nc2cc(-c3ccc4cc(C#N)cnn34)ccc2C2=NN=C(C3CC4CC(C3)C4C(=O)C(C)(C)C)C2)COC1. The number of nitriles is 1. The number of fused-ring (bicyclic) bond motifs is 3. The Morgan fingerprint density at radius 3 is 2.56 bits per heavy atom. The molecule has 1 N–H and O–H groups in total. The molecular formula is C33H36N6O2. The van der Waals surface area contributed by atoms with Crippen molar-refractivity contribution in [1.82, 2.24) is 9.61 Å². The summed E-state index contributed by atoms with van der Waals surface area (Å²) in [5, 5.41) is 26.9. The topological polar surface area (TPSA) is 104 Å². The van der Waals surface area contributed by atoms with Crippen molar-refractivity contribution in [3.8, 4) is 17.3 Å². The highest BCUT2D eigenvalue weighted by molar-refractivity contribution is 6.18. The minimum Gasteiger partial charge on any atom is -0.376 e. The fraction of sp³-hybridized carbons (Fsp3) is 0.485. The van der Waals surface area contributed by atoms with E-state index < -0.39 is 0 Å². The molecule has 8 rings (SSSR count). The van der Waals surface area contributed by atoms with Crippen molar-refractivity contribution in [3.63, 3.8) is 0 Å². The standard InChI is InChI=1S/C33H36N6O2/c1-32(2,3)31(40)30-22-10-21(11-23(30)12-22)26-14-28(38-37-26)25-7-5-20(13-27(25)36-33(4)17-41-18-33)29-8-6-24-9-19(15-34)16-35-39(24)29/h5-9,13,16,21-23,30,36H,10-12,14,17-18H2,1-4H3. The number of anilines is 1. The van der Waals surface area contributed by atoms with Gasteiger partial charge in [-0.15, -0.1) is 0 Å². The third-order valence-electron chi connectivity index (χ3n) is 9.49. The first kappa shape index (κ1) is 26.1. The molecule has 2 unspecified atom stereocenters. The molecule has 1 saturated heterocycles. The molecule has 2 aliphatic heterocycles. The third-order valence-corrected chi connectivity index (χ3v) is 9.49. The van der Waals surface area contributed by atoms with E-state index in [0.717, 1.165) is 53.0 Å². The van der Waals surface area contributed by atoms with Gasteiger partial charge in [0, 0.05) is 46.2 Å². The number of ketones is 1. The molecule has 3 aliphatic carbocycles. The van der Waals surface area contributed by atoms with E-state index in [0.29, 0.717) is 42.3 Å². The zero-order valence-corrected chi connectivity index (χ0v) is 24.1. The molecule has 2 atom stereocenters. The van der Waals surface area contributed by atoms with E-state index in [-0.39, 0.29) is 16.9 Å².